The van der Waals surface area contributed by atoms with Gasteiger partial charge in [-0.25, -0.2) is 4.39 Å². The summed E-state index contributed by atoms with van der Waals surface area (Å²) < 4.78 is 13.5. The number of fused-ring (bicyclic) bond motifs is 1. The van der Waals surface area contributed by atoms with E-state index in [1.54, 1.807) is 6.07 Å². The topological polar surface area (TPSA) is 32.3 Å². The summed E-state index contributed by atoms with van der Waals surface area (Å²) in [6.45, 7) is 4.10. The third kappa shape index (κ3) is 1.38. The van der Waals surface area contributed by atoms with Gasteiger partial charge in [0.25, 0.3) is 0 Å². The molecule has 0 aromatic heterocycles. The van der Waals surface area contributed by atoms with Gasteiger partial charge in [0.15, 0.2) is 0 Å². The molecule has 1 N–H and O–H groups in total. The lowest BCUT2D eigenvalue weighted by Crippen LogP contribution is -2.65. The van der Waals surface area contributed by atoms with Gasteiger partial charge >= 0.3 is 0 Å². The predicted molar refractivity (Wildman–Crippen MR) is 69.2 cm³/mol. The van der Waals surface area contributed by atoms with Crippen LogP contribution in [0.5, 0.6) is 0 Å². The quantitative estimate of drug-likeness (QED) is 0.828. The highest BCUT2D eigenvalue weighted by atomic mass is 19.1. The van der Waals surface area contributed by atoms with Crippen LogP contribution in [0.4, 0.5) is 15.8 Å². The normalized spacial score (nSPS) is 20.7. The third-order valence-electron chi connectivity index (χ3n) is 4.05. The Balaban J connectivity index is 2.16. The average Bonchev–Trinajstić information content (AvgIpc) is 2.25. The summed E-state index contributed by atoms with van der Waals surface area (Å²) >= 11 is 0. The predicted octanol–water partition coefficient (Wildman–Crippen LogP) is 2.92. The first-order valence-corrected chi connectivity index (χ1v) is 6.45. The summed E-state index contributed by atoms with van der Waals surface area (Å²) in [5.74, 6) is -0.202. The molecule has 4 heteroatoms. The number of hydrogen-bond donors (Lipinski definition) is 1. The van der Waals surface area contributed by atoms with Crippen molar-refractivity contribution in [2.75, 3.05) is 10.2 Å². The number of nitrogens with one attached hydrogen (secondary N) is 1. The van der Waals surface area contributed by atoms with Crippen LogP contribution in [0.25, 0.3) is 0 Å². The van der Waals surface area contributed by atoms with Crippen molar-refractivity contribution in [1.82, 2.24) is 0 Å². The van der Waals surface area contributed by atoms with E-state index >= 15 is 0 Å². The molecule has 1 amide bonds. The first-order valence-electron chi connectivity index (χ1n) is 6.45. The van der Waals surface area contributed by atoms with Crippen LogP contribution in [0.2, 0.25) is 0 Å². The fourth-order valence-corrected chi connectivity index (χ4v) is 3.14. The lowest BCUT2D eigenvalue weighted by molar-refractivity contribution is -0.124. The minimum Gasteiger partial charge on any atom is -0.353 e. The SMILES string of the molecule is CC(C)N1c2cc(F)ccc2NC(=O)C12CCC2. The second-order valence-electron chi connectivity index (χ2n) is 5.46. The van der Waals surface area contributed by atoms with Crippen LogP contribution >= 0.6 is 0 Å². The van der Waals surface area contributed by atoms with E-state index < -0.39 is 5.54 Å². The summed E-state index contributed by atoms with van der Waals surface area (Å²) in [5.41, 5.74) is 1.08. The standard InChI is InChI=1S/C14H17FN2O/c1-9(2)17-12-8-10(15)4-5-11(12)16-13(18)14(17)6-3-7-14/h4-5,8-9H,3,6-7H2,1-2H3,(H,16,18). The molecule has 3 nitrogen and oxygen atoms in total. The maximum Gasteiger partial charge on any atom is 0.250 e. The van der Waals surface area contributed by atoms with E-state index in [0.717, 1.165) is 24.9 Å². The van der Waals surface area contributed by atoms with Gasteiger partial charge in [-0.3, -0.25) is 4.79 Å². The highest BCUT2D eigenvalue weighted by Gasteiger charge is 2.52. The van der Waals surface area contributed by atoms with Crippen molar-refractivity contribution in [3.05, 3.63) is 24.0 Å². The van der Waals surface area contributed by atoms with Crippen LogP contribution in [0.3, 0.4) is 0 Å². The number of rotatable bonds is 1. The van der Waals surface area contributed by atoms with E-state index in [0.29, 0.717) is 5.69 Å². The van der Waals surface area contributed by atoms with Crippen molar-refractivity contribution in [2.24, 2.45) is 0 Å². The van der Waals surface area contributed by atoms with Gasteiger partial charge in [-0.1, -0.05) is 0 Å². The molecule has 0 bridgehead atoms. The maximum absolute atomic E-state index is 13.5. The van der Waals surface area contributed by atoms with E-state index in [-0.39, 0.29) is 17.8 Å². The Labute approximate surface area is 106 Å². The average molecular weight is 248 g/mol. The Hall–Kier alpha value is -1.58. The molecule has 18 heavy (non-hydrogen) atoms. The van der Waals surface area contributed by atoms with Crippen molar-refractivity contribution in [2.45, 2.75) is 44.7 Å². The summed E-state index contributed by atoms with van der Waals surface area (Å²) in [6, 6.07) is 4.73. The molecular formula is C14H17FN2O. The maximum atomic E-state index is 13.5. The molecule has 0 unspecified atom stereocenters. The van der Waals surface area contributed by atoms with E-state index in [9.17, 15) is 9.18 Å². The van der Waals surface area contributed by atoms with Crippen molar-refractivity contribution in [1.29, 1.82) is 0 Å². The molecule has 2 aliphatic rings. The zero-order chi connectivity index (χ0) is 12.9. The Morgan fingerprint density at radius 2 is 2.11 bits per heavy atom. The fourth-order valence-electron chi connectivity index (χ4n) is 3.14. The van der Waals surface area contributed by atoms with Crippen LogP contribution in [-0.2, 0) is 4.79 Å². The molecule has 0 atom stereocenters. The number of carbonyl (C=O) groups excluding carboxylic acids is 1. The number of amides is 1. The number of benzene rings is 1. The number of nitrogens with zero attached hydrogens (tertiary/aromatic N) is 1. The van der Waals surface area contributed by atoms with Crippen LogP contribution < -0.4 is 10.2 Å². The Morgan fingerprint density at radius 1 is 1.39 bits per heavy atom. The number of hydrogen-bond acceptors (Lipinski definition) is 2. The van der Waals surface area contributed by atoms with Crippen LogP contribution in [0.1, 0.15) is 33.1 Å². The lowest BCUT2D eigenvalue weighted by Gasteiger charge is -2.54. The largest absolute Gasteiger partial charge is 0.353 e. The Kier molecular flexibility index (Phi) is 2.37. The van der Waals surface area contributed by atoms with Crippen LogP contribution in [-0.4, -0.2) is 17.5 Å². The second-order valence-corrected chi connectivity index (χ2v) is 5.46. The zero-order valence-corrected chi connectivity index (χ0v) is 10.7. The highest BCUT2D eigenvalue weighted by molar-refractivity contribution is 6.07. The van der Waals surface area contributed by atoms with E-state index in [4.69, 9.17) is 0 Å². The minimum atomic E-state index is -0.449. The molecule has 1 fully saturated rings. The molecule has 1 aliphatic carbocycles. The fraction of sp³-hybridized carbons (Fsp3) is 0.500. The smallest absolute Gasteiger partial charge is 0.250 e. The zero-order valence-electron chi connectivity index (χ0n) is 10.7. The summed E-state index contributed by atoms with van der Waals surface area (Å²) in [6.07, 6.45) is 2.77. The molecule has 1 aliphatic heterocycles. The van der Waals surface area contributed by atoms with E-state index in [1.165, 1.54) is 12.1 Å². The number of halogens is 1. The molecule has 0 saturated heterocycles. The lowest BCUT2D eigenvalue weighted by atomic mass is 9.72. The van der Waals surface area contributed by atoms with Gasteiger partial charge in [0.2, 0.25) is 5.91 Å². The van der Waals surface area contributed by atoms with Gasteiger partial charge in [0.05, 0.1) is 11.4 Å². The molecule has 1 spiro atoms. The molecular weight excluding hydrogens is 231 g/mol. The number of carbonyl (C=O) groups is 1. The summed E-state index contributed by atoms with van der Waals surface area (Å²) in [4.78, 5) is 14.4. The molecule has 1 heterocycles. The monoisotopic (exact) mass is 248 g/mol. The van der Waals surface area contributed by atoms with E-state index in [2.05, 4.69) is 10.2 Å². The van der Waals surface area contributed by atoms with Crippen molar-refractivity contribution < 1.29 is 9.18 Å². The number of anilines is 2. The minimum absolute atomic E-state index is 0.0570. The van der Waals surface area contributed by atoms with Gasteiger partial charge in [0.1, 0.15) is 11.4 Å². The first kappa shape index (κ1) is 11.5. The second kappa shape index (κ2) is 3.70. The van der Waals surface area contributed by atoms with Crippen LogP contribution in [0.15, 0.2) is 18.2 Å². The Bertz CT molecular complexity index is 509. The van der Waals surface area contributed by atoms with Crippen molar-refractivity contribution in [3.8, 4) is 0 Å². The van der Waals surface area contributed by atoms with Gasteiger partial charge in [0, 0.05) is 6.04 Å². The van der Waals surface area contributed by atoms with Gasteiger partial charge in [-0.2, -0.15) is 0 Å². The molecule has 1 saturated carbocycles. The van der Waals surface area contributed by atoms with Gasteiger partial charge in [-0.05, 0) is 51.3 Å². The molecule has 1 aromatic carbocycles. The molecule has 3 rings (SSSR count). The molecule has 96 valence electrons. The first-order chi connectivity index (χ1) is 8.54. The Morgan fingerprint density at radius 3 is 2.67 bits per heavy atom. The molecule has 0 radical (unpaired) electrons. The third-order valence-corrected chi connectivity index (χ3v) is 4.05. The van der Waals surface area contributed by atoms with E-state index in [1.807, 2.05) is 13.8 Å². The highest BCUT2D eigenvalue weighted by Crippen LogP contribution is 2.48. The molecule has 1 aromatic rings. The summed E-state index contributed by atoms with van der Waals surface area (Å²) in [7, 11) is 0. The van der Waals surface area contributed by atoms with Gasteiger partial charge in [-0.15, -0.1) is 0 Å². The summed E-state index contributed by atoms with van der Waals surface area (Å²) in [5, 5.41) is 2.92. The van der Waals surface area contributed by atoms with Gasteiger partial charge < -0.3 is 10.2 Å². The van der Waals surface area contributed by atoms with Crippen molar-refractivity contribution in [3.63, 3.8) is 0 Å². The van der Waals surface area contributed by atoms with Crippen molar-refractivity contribution >= 4 is 17.3 Å². The van der Waals surface area contributed by atoms with Crippen LogP contribution in [0, 0.1) is 5.82 Å².